The number of benzene rings is 6. The van der Waals surface area contributed by atoms with Crippen LogP contribution in [0.4, 0.5) is 17.1 Å². The number of anilines is 3. The third-order valence-electron chi connectivity index (χ3n) is 8.62. The van der Waals surface area contributed by atoms with Crippen LogP contribution in [0.15, 0.2) is 152 Å². The molecule has 44 heavy (non-hydrogen) atoms. The minimum absolute atomic E-state index is 0.835. The lowest BCUT2D eigenvalue weighted by Gasteiger charge is -2.34. The molecule has 0 unspecified atom stereocenters. The monoisotopic (exact) mass is 567 g/mol. The number of nitrogens with zero attached hydrogens (tertiary/aromatic N) is 2. The van der Waals surface area contributed by atoms with Crippen LogP contribution in [0.3, 0.4) is 0 Å². The van der Waals surface area contributed by atoms with Gasteiger partial charge in [0.15, 0.2) is 17.7 Å². The van der Waals surface area contributed by atoms with Crippen molar-refractivity contribution in [3.63, 3.8) is 0 Å². The molecule has 1 aromatic heterocycles. The van der Waals surface area contributed by atoms with Gasteiger partial charge in [-0.05, 0) is 82.6 Å². The van der Waals surface area contributed by atoms with Crippen LogP contribution in [0.5, 0.6) is 11.5 Å². The molecule has 0 atom stereocenters. The minimum Gasteiger partial charge on any atom is -0.453 e. The number of fused-ring (bicyclic) bond motifs is 3. The van der Waals surface area contributed by atoms with Crippen LogP contribution in [0.1, 0.15) is 5.56 Å². The second-order valence-electron chi connectivity index (χ2n) is 11.4. The van der Waals surface area contributed by atoms with Gasteiger partial charge in [-0.3, -0.25) is 0 Å². The summed E-state index contributed by atoms with van der Waals surface area (Å²) in [6.45, 7) is 2.19. The summed E-state index contributed by atoms with van der Waals surface area (Å²) in [6.07, 6.45) is 2.15. The van der Waals surface area contributed by atoms with E-state index in [2.05, 4.69) is 163 Å². The van der Waals surface area contributed by atoms with Crippen molar-refractivity contribution in [1.29, 1.82) is 0 Å². The summed E-state index contributed by atoms with van der Waals surface area (Å²) in [5, 5.41) is 2.47. The predicted molar refractivity (Wildman–Crippen MR) is 181 cm³/mol. The van der Waals surface area contributed by atoms with Crippen molar-refractivity contribution >= 4 is 27.8 Å². The van der Waals surface area contributed by atoms with Crippen molar-refractivity contribution in [3.8, 4) is 45.0 Å². The number of hydrogen-bond donors (Lipinski definition) is 0. The van der Waals surface area contributed by atoms with E-state index < -0.39 is 0 Å². The lowest BCUT2D eigenvalue weighted by atomic mass is 9.97. The molecule has 0 N–H and O–H groups in total. The van der Waals surface area contributed by atoms with E-state index in [1.54, 1.807) is 0 Å². The van der Waals surface area contributed by atoms with Gasteiger partial charge in [0.1, 0.15) is 7.05 Å². The molecular formula is C41H31N2O+. The number of hydrogen-bond acceptors (Lipinski definition) is 2. The van der Waals surface area contributed by atoms with Gasteiger partial charge in [0, 0.05) is 11.8 Å². The van der Waals surface area contributed by atoms with Gasteiger partial charge in [0.2, 0.25) is 5.69 Å². The van der Waals surface area contributed by atoms with Crippen molar-refractivity contribution < 1.29 is 9.30 Å². The van der Waals surface area contributed by atoms with Crippen LogP contribution in [-0.4, -0.2) is 0 Å². The fourth-order valence-electron chi connectivity index (χ4n) is 6.36. The Morgan fingerprint density at radius 3 is 1.77 bits per heavy atom. The molecule has 2 heterocycles. The molecule has 3 nitrogen and oxygen atoms in total. The quantitative estimate of drug-likeness (QED) is 0.197. The van der Waals surface area contributed by atoms with Gasteiger partial charge in [-0.25, -0.2) is 4.57 Å². The highest BCUT2D eigenvalue weighted by Gasteiger charge is 2.28. The van der Waals surface area contributed by atoms with Gasteiger partial charge in [-0.1, -0.05) is 97.1 Å². The maximum atomic E-state index is 6.72. The zero-order chi connectivity index (χ0) is 29.6. The number of aromatic nitrogens is 1. The second kappa shape index (κ2) is 10.6. The molecule has 3 heteroatoms. The number of rotatable bonds is 4. The van der Waals surface area contributed by atoms with E-state index in [1.807, 2.05) is 12.1 Å². The van der Waals surface area contributed by atoms with Crippen LogP contribution in [0.25, 0.3) is 44.3 Å². The molecule has 0 saturated heterocycles. The molecule has 1 aliphatic heterocycles. The van der Waals surface area contributed by atoms with E-state index in [0.29, 0.717) is 0 Å². The Bertz CT molecular complexity index is 2080. The molecule has 1 aliphatic rings. The van der Waals surface area contributed by atoms with Gasteiger partial charge in [0.05, 0.1) is 22.3 Å². The summed E-state index contributed by atoms with van der Waals surface area (Å²) >= 11 is 0. The van der Waals surface area contributed by atoms with Crippen LogP contribution in [0.2, 0.25) is 0 Å². The Morgan fingerprint density at radius 1 is 0.545 bits per heavy atom. The Hall–Kier alpha value is -5.67. The van der Waals surface area contributed by atoms with E-state index >= 15 is 0 Å². The summed E-state index contributed by atoms with van der Waals surface area (Å²) in [6, 6.07) is 51.6. The lowest BCUT2D eigenvalue weighted by molar-refractivity contribution is -0.659. The zero-order valence-corrected chi connectivity index (χ0v) is 24.7. The molecule has 0 radical (unpaired) electrons. The Morgan fingerprint density at radius 2 is 1.14 bits per heavy atom. The highest BCUT2D eigenvalue weighted by atomic mass is 16.5. The molecule has 0 amide bonds. The summed E-state index contributed by atoms with van der Waals surface area (Å²) < 4.78 is 8.95. The normalized spacial score (nSPS) is 12.0. The number of aryl methyl sites for hydroxylation is 2. The first kappa shape index (κ1) is 26.0. The highest BCUT2D eigenvalue weighted by molar-refractivity contribution is 5.96. The molecule has 0 aliphatic carbocycles. The molecule has 0 fully saturated rings. The van der Waals surface area contributed by atoms with Crippen molar-refractivity contribution in [2.24, 2.45) is 7.05 Å². The van der Waals surface area contributed by atoms with Crippen molar-refractivity contribution in [1.82, 2.24) is 0 Å². The third-order valence-corrected chi connectivity index (χ3v) is 8.62. The standard InChI is InChI=1S/C41H31N2O/c1-28-17-20-34(27-36(28)41-35-16-10-9-15-31(35)23-24-42(41)2)43-37-21-18-32(29-11-5-3-6-12-29)25-39(37)44-40-26-33(19-22-38(40)43)30-13-7-4-8-14-30/h3-27H,1-2H3/q+1. The van der Waals surface area contributed by atoms with Crippen molar-refractivity contribution in [2.45, 2.75) is 6.92 Å². The summed E-state index contributed by atoms with van der Waals surface area (Å²) in [5.74, 6) is 1.67. The van der Waals surface area contributed by atoms with Gasteiger partial charge >= 0.3 is 0 Å². The summed E-state index contributed by atoms with van der Waals surface area (Å²) in [7, 11) is 2.13. The van der Waals surface area contributed by atoms with Crippen molar-refractivity contribution in [3.05, 3.63) is 157 Å². The maximum Gasteiger partial charge on any atom is 0.220 e. The minimum atomic E-state index is 0.835. The Balaban J connectivity index is 1.33. The largest absolute Gasteiger partial charge is 0.453 e. The number of pyridine rings is 1. The van der Waals surface area contributed by atoms with Gasteiger partial charge in [0.25, 0.3) is 0 Å². The highest BCUT2D eigenvalue weighted by Crippen LogP contribution is 2.52. The topological polar surface area (TPSA) is 16.4 Å². The molecule has 7 aromatic rings. The molecule has 6 aromatic carbocycles. The van der Waals surface area contributed by atoms with Gasteiger partial charge in [-0.15, -0.1) is 0 Å². The average Bonchev–Trinajstić information content (AvgIpc) is 3.08. The molecular weight excluding hydrogens is 536 g/mol. The molecule has 8 rings (SSSR count). The van der Waals surface area contributed by atoms with E-state index in [9.17, 15) is 0 Å². The smallest absolute Gasteiger partial charge is 0.220 e. The Labute approximate surface area is 257 Å². The number of ether oxygens (including phenoxy) is 1. The van der Waals surface area contributed by atoms with E-state index in [-0.39, 0.29) is 0 Å². The first-order valence-corrected chi connectivity index (χ1v) is 15.0. The van der Waals surface area contributed by atoms with E-state index in [4.69, 9.17) is 4.74 Å². The fraction of sp³-hybridized carbons (Fsp3) is 0.0488. The van der Waals surface area contributed by atoms with Gasteiger partial charge in [-0.2, -0.15) is 0 Å². The van der Waals surface area contributed by atoms with Crippen LogP contribution < -0.4 is 14.2 Å². The first-order valence-electron chi connectivity index (χ1n) is 15.0. The van der Waals surface area contributed by atoms with E-state index in [1.165, 1.54) is 27.6 Å². The molecule has 0 saturated carbocycles. The first-order chi connectivity index (χ1) is 21.6. The van der Waals surface area contributed by atoms with Crippen LogP contribution in [0, 0.1) is 6.92 Å². The average molecular weight is 568 g/mol. The van der Waals surface area contributed by atoms with Crippen LogP contribution in [-0.2, 0) is 7.05 Å². The summed E-state index contributed by atoms with van der Waals surface area (Å²) in [4.78, 5) is 2.34. The van der Waals surface area contributed by atoms with Gasteiger partial charge < -0.3 is 9.64 Å². The SMILES string of the molecule is Cc1ccc(N2c3ccc(-c4ccccc4)cc3Oc3cc(-c4ccccc4)ccc32)cc1-c1c2ccccc2cc[n+]1C. The third kappa shape index (κ3) is 4.42. The molecule has 0 bridgehead atoms. The summed E-state index contributed by atoms with van der Waals surface area (Å²) in [5.41, 5.74) is 11.3. The van der Waals surface area contributed by atoms with Crippen LogP contribution >= 0.6 is 0 Å². The molecule has 210 valence electrons. The molecule has 0 spiro atoms. The zero-order valence-electron chi connectivity index (χ0n) is 24.7. The second-order valence-corrected chi connectivity index (χ2v) is 11.4. The van der Waals surface area contributed by atoms with Crippen molar-refractivity contribution in [2.75, 3.05) is 4.90 Å². The lowest BCUT2D eigenvalue weighted by Crippen LogP contribution is -2.30. The predicted octanol–water partition coefficient (Wildman–Crippen LogP) is 10.5. The fourth-order valence-corrected chi connectivity index (χ4v) is 6.36. The Kier molecular flexibility index (Phi) is 6.23. The maximum absolute atomic E-state index is 6.72. The van der Waals surface area contributed by atoms with E-state index in [0.717, 1.165) is 50.8 Å².